The zero-order valence-electron chi connectivity index (χ0n) is 11.7. The van der Waals surface area contributed by atoms with Gasteiger partial charge in [-0.25, -0.2) is 9.97 Å². The summed E-state index contributed by atoms with van der Waals surface area (Å²) in [6, 6.07) is 1.98. The number of halogens is 1. The Morgan fingerprint density at radius 2 is 2.15 bits per heavy atom. The number of aryl methyl sites for hydroxylation is 1. The number of hydrogen-bond donors (Lipinski definition) is 1. The number of nitrogens with one attached hydrogen (secondary N) is 1. The number of hydrogen-bond acceptors (Lipinski definition) is 4. The fourth-order valence-corrected chi connectivity index (χ4v) is 3.14. The van der Waals surface area contributed by atoms with Gasteiger partial charge in [0.15, 0.2) is 5.82 Å². The maximum absolute atomic E-state index is 4.81. The van der Waals surface area contributed by atoms with Crippen molar-refractivity contribution >= 4 is 28.4 Å². The quantitative estimate of drug-likeness (QED) is 0.806. The van der Waals surface area contributed by atoms with Crippen LogP contribution in [0.15, 0.2) is 12.3 Å². The number of rotatable bonds is 5. The Hall–Kier alpha value is -1.18. The molecule has 1 N–H and O–H groups in total. The van der Waals surface area contributed by atoms with Crippen LogP contribution in [0.25, 0.3) is 11.5 Å². The fraction of sp³-hybridized carbons (Fsp3) is 0.500. The lowest BCUT2D eigenvalue weighted by Gasteiger charge is -2.12. The average molecular weight is 383 g/mol. The second kappa shape index (κ2) is 5.67. The van der Waals surface area contributed by atoms with Crippen LogP contribution in [0.3, 0.4) is 0 Å². The molecule has 0 atom stereocenters. The van der Waals surface area contributed by atoms with E-state index in [9.17, 15) is 0 Å². The third-order valence-corrected chi connectivity index (χ3v) is 4.49. The first-order chi connectivity index (χ1) is 9.74. The average Bonchev–Trinajstić information content (AvgIpc) is 3.18. The predicted molar refractivity (Wildman–Crippen MR) is 87.8 cm³/mol. The molecule has 0 bridgehead atoms. The summed E-state index contributed by atoms with van der Waals surface area (Å²) < 4.78 is 3.10. The van der Waals surface area contributed by atoms with E-state index in [0.717, 1.165) is 30.4 Å². The topological polar surface area (TPSA) is 55.6 Å². The second-order valence-corrected chi connectivity index (χ2v) is 6.01. The molecule has 0 aliphatic heterocycles. The monoisotopic (exact) mass is 383 g/mol. The first-order valence-electron chi connectivity index (χ1n) is 7.08. The molecule has 106 valence electrons. The lowest BCUT2D eigenvalue weighted by Crippen LogP contribution is -2.09. The maximum Gasteiger partial charge on any atom is 0.180 e. The molecule has 0 amide bonds. The van der Waals surface area contributed by atoms with Crippen molar-refractivity contribution in [2.45, 2.75) is 39.2 Å². The smallest absolute Gasteiger partial charge is 0.180 e. The van der Waals surface area contributed by atoms with E-state index >= 15 is 0 Å². The summed E-state index contributed by atoms with van der Waals surface area (Å²) in [5.74, 6) is 2.34. The van der Waals surface area contributed by atoms with E-state index in [-0.39, 0.29) is 0 Å². The fourth-order valence-electron chi connectivity index (χ4n) is 2.27. The van der Waals surface area contributed by atoms with Crippen molar-refractivity contribution in [1.82, 2.24) is 19.7 Å². The van der Waals surface area contributed by atoms with Gasteiger partial charge in [-0.15, -0.1) is 0 Å². The largest absolute Gasteiger partial charge is 0.369 e. The Labute approximate surface area is 132 Å². The van der Waals surface area contributed by atoms with E-state index in [0.29, 0.717) is 5.92 Å². The highest BCUT2D eigenvalue weighted by atomic mass is 127. The lowest BCUT2D eigenvalue weighted by molar-refractivity contribution is 0.663. The van der Waals surface area contributed by atoms with E-state index in [4.69, 9.17) is 9.97 Å². The Bertz CT molecular complexity index is 618. The van der Waals surface area contributed by atoms with Crippen molar-refractivity contribution in [2.75, 3.05) is 11.9 Å². The molecule has 1 aliphatic carbocycles. The molecule has 2 heterocycles. The number of aromatic nitrogens is 4. The molecule has 1 aliphatic rings. The second-order valence-electron chi connectivity index (χ2n) is 4.93. The van der Waals surface area contributed by atoms with Gasteiger partial charge in [-0.05, 0) is 55.3 Å². The Morgan fingerprint density at radius 1 is 1.35 bits per heavy atom. The van der Waals surface area contributed by atoms with Gasteiger partial charge in [0, 0.05) is 25.2 Å². The SMILES string of the molecule is CCNc1nc(-c2ccnn2CC)nc(C2CC2)c1I. The molecule has 2 aromatic heterocycles. The van der Waals surface area contributed by atoms with E-state index < -0.39 is 0 Å². The number of anilines is 1. The molecule has 2 aromatic rings. The molecule has 3 rings (SSSR count). The van der Waals surface area contributed by atoms with Gasteiger partial charge in [0.2, 0.25) is 0 Å². The summed E-state index contributed by atoms with van der Waals surface area (Å²) in [7, 11) is 0. The summed E-state index contributed by atoms with van der Waals surface area (Å²) >= 11 is 2.36. The normalized spacial score (nSPS) is 14.6. The molecule has 6 heteroatoms. The van der Waals surface area contributed by atoms with Crippen LogP contribution in [-0.2, 0) is 6.54 Å². The zero-order chi connectivity index (χ0) is 14.1. The third-order valence-electron chi connectivity index (χ3n) is 3.43. The van der Waals surface area contributed by atoms with Crippen molar-refractivity contribution in [3.63, 3.8) is 0 Å². The summed E-state index contributed by atoms with van der Waals surface area (Å²) in [6.07, 6.45) is 4.29. The van der Waals surface area contributed by atoms with Gasteiger partial charge in [0.1, 0.15) is 11.5 Å². The van der Waals surface area contributed by atoms with E-state index in [2.05, 4.69) is 46.9 Å². The Morgan fingerprint density at radius 3 is 2.80 bits per heavy atom. The molecule has 1 saturated carbocycles. The minimum atomic E-state index is 0.610. The van der Waals surface area contributed by atoms with Gasteiger partial charge >= 0.3 is 0 Å². The lowest BCUT2D eigenvalue weighted by atomic mass is 10.2. The van der Waals surface area contributed by atoms with Crippen LogP contribution in [0.2, 0.25) is 0 Å². The molecule has 0 radical (unpaired) electrons. The molecule has 1 fully saturated rings. The summed E-state index contributed by atoms with van der Waals surface area (Å²) in [4.78, 5) is 9.50. The minimum absolute atomic E-state index is 0.610. The van der Waals surface area contributed by atoms with E-state index in [1.54, 1.807) is 0 Å². The molecule has 0 unspecified atom stereocenters. The molecular weight excluding hydrogens is 365 g/mol. The van der Waals surface area contributed by atoms with Crippen molar-refractivity contribution < 1.29 is 0 Å². The van der Waals surface area contributed by atoms with Crippen molar-refractivity contribution in [2.24, 2.45) is 0 Å². The molecular formula is C14H18IN5. The summed E-state index contributed by atoms with van der Waals surface area (Å²) in [5, 5.41) is 7.66. The van der Waals surface area contributed by atoms with Crippen LogP contribution in [0, 0.1) is 3.57 Å². The highest BCUT2D eigenvalue weighted by Crippen LogP contribution is 2.42. The third kappa shape index (κ3) is 2.53. The number of nitrogens with zero attached hydrogens (tertiary/aromatic N) is 4. The molecule has 20 heavy (non-hydrogen) atoms. The molecule has 0 spiro atoms. The van der Waals surface area contributed by atoms with Gasteiger partial charge in [0.25, 0.3) is 0 Å². The molecule has 0 aromatic carbocycles. The van der Waals surface area contributed by atoms with Crippen LogP contribution < -0.4 is 5.32 Å². The zero-order valence-corrected chi connectivity index (χ0v) is 13.9. The van der Waals surface area contributed by atoms with Crippen LogP contribution in [-0.4, -0.2) is 26.3 Å². The summed E-state index contributed by atoms with van der Waals surface area (Å²) in [5.41, 5.74) is 2.18. The van der Waals surface area contributed by atoms with E-state index in [1.165, 1.54) is 22.1 Å². The van der Waals surface area contributed by atoms with Crippen LogP contribution >= 0.6 is 22.6 Å². The Kier molecular flexibility index (Phi) is 3.91. The first kappa shape index (κ1) is 13.8. The highest BCUT2D eigenvalue weighted by Gasteiger charge is 2.29. The van der Waals surface area contributed by atoms with Crippen LogP contribution in [0.5, 0.6) is 0 Å². The molecule has 0 saturated heterocycles. The molecule has 5 nitrogen and oxygen atoms in total. The van der Waals surface area contributed by atoms with Crippen LogP contribution in [0.1, 0.15) is 38.3 Å². The van der Waals surface area contributed by atoms with Crippen molar-refractivity contribution in [1.29, 1.82) is 0 Å². The van der Waals surface area contributed by atoms with Gasteiger partial charge in [-0.1, -0.05) is 0 Å². The predicted octanol–water partition coefficient (Wildman–Crippen LogP) is 3.27. The van der Waals surface area contributed by atoms with Gasteiger partial charge in [0.05, 0.1) is 9.26 Å². The van der Waals surface area contributed by atoms with Crippen LogP contribution in [0.4, 0.5) is 5.82 Å². The van der Waals surface area contributed by atoms with Gasteiger partial charge in [-0.3, -0.25) is 4.68 Å². The van der Waals surface area contributed by atoms with Gasteiger partial charge in [-0.2, -0.15) is 5.10 Å². The first-order valence-corrected chi connectivity index (χ1v) is 8.16. The van der Waals surface area contributed by atoms with E-state index in [1.807, 2.05) is 16.9 Å². The van der Waals surface area contributed by atoms with Crippen molar-refractivity contribution in [3.8, 4) is 11.5 Å². The highest BCUT2D eigenvalue weighted by molar-refractivity contribution is 14.1. The Balaban J connectivity index is 2.10. The maximum atomic E-state index is 4.81. The minimum Gasteiger partial charge on any atom is -0.369 e. The van der Waals surface area contributed by atoms with Crippen molar-refractivity contribution in [3.05, 3.63) is 21.5 Å². The standard InChI is InChI=1S/C14H18IN5/c1-3-16-14-11(15)12(9-5-6-9)18-13(19-14)10-7-8-17-20(10)4-2/h7-9H,3-6H2,1-2H3,(H,16,18,19). The summed E-state index contributed by atoms with van der Waals surface area (Å²) in [6.45, 7) is 5.86. The van der Waals surface area contributed by atoms with Gasteiger partial charge < -0.3 is 5.32 Å².